The first-order valence-corrected chi connectivity index (χ1v) is 7.64. The fourth-order valence-electron chi connectivity index (χ4n) is 2.71. The van der Waals surface area contributed by atoms with E-state index in [0.717, 1.165) is 4.90 Å². The molecule has 0 bridgehead atoms. The first kappa shape index (κ1) is 16.8. The third kappa shape index (κ3) is 3.26. The Hall–Kier alpha value is -3.09. The molecule has 1 aliphatic rings. The number of carbonyl (C=O) groups is 2. The fraction of sp³-hybridized carbons (Fsp3) is 0.222. The van der Waals surface area contributed by atoms with Gasteiger partial charge in [0.1, 0.15) is 23.4 Å². The highest BCUT2D eigenvalue weighted by molar-refractivity contribution is 6.23. The van der Waals surface area contributed by atoms with Crippen molar-refractivity contribution in [3.63, 3.8) is 0 Å². The van der Waals surface area contributed by atoms with Crippen molar-refractivity contribution < 1.29 is 23.5 Å². The molecule has 2 aromatic rings. The van der Waals surface area contributed by atoms with Gasteiger partial charge in [-0.25, -0.2) is 9.29 Å². The molecule has 1 aliphatic heterocycles. The van der Waals surface area contributed by atoms with Crippen LogP contribution in [-0.2, 0) is 9.59 Å². The summed E-state index contributed by atoms with van der Waals surface area (Å²) in [7, 11) is 2.97. The Labute approximate surface area is 144 Å². The number of benzene rings is 2. The van der Waals surface area contributed by atoms with Crippen LogP contribution in [0.3, 0.4) is 0 Å². The van der Waals surface area contributed by atoms with Gasteiger partial charge in [-0.2, -0.15) is 0 Å². The Morgan fingerprint density at radius 2 is 1.80 bits per heavy atom. The molecule has 1 fully saturated rings. The maximum absolute atomic E-state index is 13.0. The van der Waals surface area contributed by atoms with Crippen LogP contribution < -0.4 is 19.7 Å². The molecule has 1 saturated heterocycles. The Balaban J connectivity index is 1.85. The van der Waals surface area contributed by atoms with Gasteiger partial charge >= 0.3 is 0 Å². The van der Waals surface area contributed by atoms with E-state index in [4.69, 9.17) is 9.47 Å². The van der Waals surface area contributed by atoms with E-state index in [1.807, 2.05) is 0 Å². The lowest BCUT2D eigenvalue weighted by atomic mass is 10.2. The molecular formula is C18H17FN2O4. The molecule has 0 radical (unpaired) electrons. The minimum absolute atomic E-state index is 0.00535. The number of ether oxygens (including phenoxy) is 2. The summed E-state index contributed by atoms with van der Waals surface area (Å²) in [6, 6.07) is 9.75. The van der Waals surface area contributed by atoms with Crippen molar-refractivity contribution in [1.29, 1.82) is 0 Å². The van der Waals surface area contributed by atoms with Crippen LogP contribution in [0, 0.1) is 5.82 Å². The molecule has 0 aliphatic carbocycles. The number of hydrogen-bond acceptors (Lipinski definition) is 5. The predicted molar refractivity (Wildman–Crippen MR) is 90.5 cm³/mol. The quantitative estimate of drug-likeness (QED) is 0.845. The highest BCUT2D eigenvalue weighted by Crippen LogP contribution is 2.35. The summed E-state index contributed by atoms with van der Waals surface area (Å²) in [5.41, 5.74) is 0.929. The molecule has 2 aromatic carbocycles. The second-order valence-electron chi connectivity index (χ2n) is 5.51. The normalized spacial score (nSPS) is 16.9. The van der Waals surface area contributed by atoms with Crippen molar-refractivity contribution in [1.82, 2.24) is 0 Å². The van der Waals surface area contributed by atoms with Gasteiger partial charge in [0, 0.05) is 11.8 Å². The van der Waals surface area contributed by atoms with Gasteiger partial charge in [0.25, 0.3) is 5.91 Å². The third-order valence-corrected chi connectivity index (χ3v) is 3.96. The average molecular weight is 344 g/mol. The summed E-state index contributed by atoms with van der Waals surface area (Å²) < 4.78 is 23.4. The van der Waals surface area contributed by atoms with Crippen molar-refractivity contribution >= 4 is 23.2 Å². The third-order valence-electron chi connectivity index (χ3n) is 3.96. The van der Waals surface area contributed by atoms with Gasteiger partial charge in [-0.15, -0.1) is 0 Å². The number of hydrogen-bond donors (Lipinski definition) is 1. The predicted octanol–water partition coefficient (Wildman–Crippen LogP) is 2.59. The first-order chi connectivity index (χ1) is 12.0. The summed E-state index contributed by atoms with van der Waals surface area (Å²) >= 11 is 0. The zero-order valence-corrected chi connectivity index (χ0v) is 13.8. The second kappa shape index (κ2) is 6.80. The summed E-state index contributed by atoms with van der Waals surface area (Å²) in [6.45, 7) is 0. The number of nitrogens with one attached hydrogen (secondary N) is 1. The molecule has 1 N–H and O–H groups in total. The Kier molecular flexibility index (Phi) is 4.56. The molecule has 1 heterocycles. The number of amides is 2. The highest BCUT2D eigenvalue weighted by Gasteiger charge is 2.40. The van der Waals surface area contributed by atoms with E-state index in [0.29, 0.717) is 22.9 Å². The van der Waals surface area contributed by atoms with Crippen molar-refractivity contribution in [3.05, 3.63) is 48.3 Å². The maximum Gasteiger partial charge on any atom is 0.256 e. The summed E-state index contributed by atoms with van der Waals surface area (Å²) in [4.78, 5) is 26.2. The van der Waals surface area contributed by atoms with Gasteiger partial charge < -0.3 is 14.8 Å². The Morgan fingerprint density at radius 3 is 2.44 bits per heavy atom. The van der Waals surface area contributed by atoms with Gasteiger partial charge in [-0.3, -0.25) is 9.59 Å². The largest absolute Gasteiger partial charge is 0.497 e. The van der Waals surface area contributed by atoms with Crippen LogP contribution in [-0.4, -0.2) is 32.1 Å². The summed E-state index contributed by atoms with van der Waals surface area (Å²) in [5.74, 6) is -0.181. The van der Waals surface area contributed by atoms with Crippen LogP contribution in [0.2, 0.25) is 0 Å². The molecular weight excluding hydrogens is 327 g/mol. The van der Waals surface area contributed by atoms with Gasteiger partial charge in [0.2, 0.25) is 5.91 Å². The van der Waals surface area contributed by atoms with Crippen molar-refractivity contribution in [2.75, 3.05) is 24.4 Å². The number of imide groups is 1. The maximum atomic E-state index is 13.0. The lowest BCUT2D eigenvalue weighted by Crippen LogP contribution is -2.35. The first-order valence-electron chi connectivity index (χ1n) is 7.64. The smallest absolute Gasteiger partial charge is 0.256 e. The van der Waals surface area contributed by atoms with Crippen LogP contribution >= 0.6 is 0 Å². The molecule has 7 heteroatoms. The minimum atomic E-state index is -0.718. The number of carbonyl (C=O) groups excluding carboxylic acids is 2. The van der Waals surface area contributed by atoms with E-state index in [1.54, 1.807) is 18.2 Å². The highest BCUT2D eigenvalue weighted by atomic mass is 19.1. The summed E-state index contributed by atoms with van der Waals surface area (Å²) in [5, 5.41) is 2.96. The van der Waals surface area contributed by atoms with E-state index >= 15 is 0 Å². The fourth-order valence-corrected chi connectivity index (χ4v) is 2.71. The van der Waals surface area contributed by atoms with Crippen LogP contribution in [0.5, 0.6) is 11.5 Å². The molecule has 0 spiro atoms. The second-order valence-corrected chi connectivity index (χ2v) is 5.51. The zero-order valence-electron chi connectivity index (χ0n) is 13.8. The van der Waals surface area contributed by atoms with Gasteiger partial charge in [0.05, 0.1) is 26.3 Å². The van der Waals surface area contributed by atoms with Crippen molar-refractivity contribution in [3.8, 4) is 11.5 Å². The molecule has 1 unspecified atom stereocenters. The lowest BCUT2D eigenvalue weighted by Gasteiger charge is -2.19. The van der Waals surface area contributed by atoms with Crippen molar-refractivity contribution in [2.24, 2.45) is 0 Å². The Bertz CT molecular complexity index is 807. The average Bonchev–Trinajstić information content (AvgIpc) is 2.90. The molecule has 1 atom stereocenters. The number of methoxy groups -OCH3 is 2. The lowest BCUT2D eigenvalue weighted by molar-refractivity contribution is -0.121. The van der Waals surface area contributed by atoms with Gasteiger partial charge in [-0.1, -0.05) is 0 Å². The van der Waals surface area contributed by atoms with Gasteiger partial charge in [0.15, 0.2) is 0 Å². The molecule has 0 saturated carbocycles. The van der Waals surface area contributed by atoms with E-state index in [1.165, 1.54) is 38.5 Å². The topological polar surface area (TPSA) is 67.9 Å². The molecule has 0 aromatic heterocycles. The number of nitrogens with zero attached hydrogens (tertiary/aromatic N) is 1. The van der Waals surface area contributed by atoms with E-state index in [9.17, 15) is 14.0 Å². The van der Waals surface area contributed by atoms with Crippen LogP contribution in [0.25, 0.3) is 0 Å². The van der Waals surface area contributed by atoms with E-state index in [2.05, 4.69) is 5.32 Å². The molecule has 2 amide bonds. The number of anilines is 2. The zero-order chi connectivity index (χ0) is 18.0. The van der Waals surface area contributed by atoms with Gasteiger partial charge in [-0.05, 0) is 36.4 Å². The van der Waals surface area contributed by atoms with Crippen molar-refractivity contribution in [2.45, 2.75) is 12.5 Å². The molecule has 130 valence electrons. The van der Waals surface area contributed by atoms with E-state index < -0.39 is 11.9 Å². The number of rotatable bonds is 5. The molecule has 3 rings (SSSR count). The monoisotopic (exact) mass is 344 g/mol. The van der Waals surface area contributed by atoms with Crippen LogP contribution in [0.15, 0.2) is 42.5 Å². The standard InChI is InChI=1S/C18H17FN2O4/c1-24-13-7-8-15(16(9-13)25-2)21-17(22)10-14(18(21)23)20-12-5-3-11(19)4-6-12/h3-9,14,20H,10H2,1-2H3. The Morgan fingerprint density at radius 1 is 1.08 bits per heavy atom. The van der Waals surface area contributed by atoms with E-state index in [-0.39, 0.29) is 18.1 Å². The SMILES string of the molecule is COc1ccc(N2C(=O)CC(Nc3ccc(F)cc3)C2=O)c(OC)c1. The minimum Gasteiger partial charge on any atom is -0.497 e. The molecule has 25 heavy (non-hydrogen) atoms. The van der Waals surface area contributed by atoms with Crippen LogP contribution in [0.1, 0.15) is 6.42 Å². The molecule has 6 nitrogen and oxygen atoms in total. The summed E-state index contributed by atoms with van der Waals surface area (Å²) in [6.07, 6.45) is 0.00535. The van der Waals surface area contributed by atoms with Crippen LogP contribution in [0.4, 0.5) is 15.8 Å². The number of halogens is 1.